The van der Waals surface area contributed by atoms with Crippen molar-refractivity contribution in [2.75, 3.05) is 0 Å². The number of nitrogens with zero attached hydrogens (tertiary/aromatic N) is 3. The van der Waals surface area contributed by atoms with Gasteiger partial charge < -0.3 is 5.32 Å². The summed E-state index contributed by atoms with van der Waals surface area (Å²) in [4.78, 5) is 35.2. The van der Waals surface area contributed by atoms with Gasteiger partial charge in [0.2, 0.25) is 5.91 Å². The van der Waals surface area contributed by atoms with Crippen LogP contribution in [0.2, 0.25) is 0 Å². The van der Waals surface area contributed by atoms with Crippen LogP contribution >= 0.6 is 11.8 Å². The van der Waals surface area contributed by atoms with E-state index in [4.69, 9.17) is 0 Å². The molecular weight excluding hydrogens is 396 g/mol. The van der Waals surface area contributed by atoms with Crippen molar-refractivity contribution in [3.05, 3.63) is 59.0 Å². The molecule has 30 heavy (non-hydrogen) atoms. The lowest BCUT2D eigenvalue weighted by Gasteiger charge is -2.25. The molecule has 6 nitrogen and oxygen atoms in total. The lowest BCUT2D eigenvalue weighted by molar-refractivity contribution is -0.121. The first-order valence-electron chi connectivity index (χ1n) is 10.6. The van der Waals surface area contributed by atoms with Crippen molar-refractivity contribution >= 4 is 28.7 Å². The number of nitrogens with one attached hydrogen (secondary N) is 1. The molecule has 4 rings (SSSR count). The summed E-state index contributed by atoms with van der Waals surface area (Å²) in [6.45, 7) is 1.99. The number of aromatic nitrogens is 3. The van der Waals surface area contributed by atoms with Gasteiger partial charge in [0.05, 0.1) is 16.3 Å². The third kappa shape index (κ3) is 4.41. The van der Waals surface area contributed by atoms with Crippen LogP contribution in [-0.4, -0.2) is 31.7 Å². The van der Waals surface area contributed by atoms with Crippen LogP contribution in [0.25, 0.3) is 16.7 Å². The highest BCUT2D eigenvalue weighted by molar-refractivity contribution is 8.00. The summed E-state index contributed by atoms with van der Waals surface area (Å²) in [5.41, 5.74) is 0.954. The molecule has 2 heterocycles. The van der Waals surface area contributed by atoms with E-state index in [2.05, 4.69) is 15.3 Å². The second-order valence-corrected chi connectivity index (χ2v) is 8.77. The van der Waals surface area contributed by atoms with Crippen LogP contribution in [0.1, 0.15) is 45.4 Å². The van der Waals surface area contributed by atoms with E-state index >= 15 is 0 Å². The Balaban J connectivity index is 1.69. The third-order valence-electron chi connectivity index (χ3n) is 5.49. The minimum Gasteiger partial charge on any atom is -0.352 e. The molecule has 1 N–H and O–H groups in total. The summed E-state index contributed by atoms with van der Waals surface area (Å²) in [5.74, 6) is 0.0179. The highest BCUT2D eigenvalue weighted by atomic mass is 32.2. The smallest absolute Gasteiger partial charge is 0.268 e. The van der Waals surface area contributed by atoms with Crippen LogP contribution in [0.5, 0.6) is 0 Å². The van der Waals surface area contributed by atoms with Gasteiger partial charge in [0.25, 0.3) is 5.56 Å². The molecule has 3 aromatic rings. The Hall–Kier alpha value is -2.67. The van der Waals surface area contributed by atoms with Gasteiger partial charge in [-0.2, -0.15) is 0 Å². The molecule has 0 radical (unpaired) electrons. The molecule has 0 aliphatic heterocycles. The molecule has 0 saturated heterocycles. The summed E-state index contributed by atoms with van der Waals surface area (Å²) in [6, 6.07) is 13.1. The maximum Gasteiger partial charge on any atom is 0.268 e. The van der Waals surface area contributed by atoms with Gasteiger partial charge in [0.1, 0.15) is 0 Å². The maximum atomic E-state index is 13.3. The van der Waals surface area contributed by atoms with Gasteiger partial charge in [0.15, 0.2) is 10.8 Å². The van der Waals surface area contributed by atoms with E-state index in [1.54, 1.807) is 22.9 Å². The van der Waals surface area contributed by atoms with Crippen LogP contribution < -0.4 is 10.9 Å². The highest BCUT2D eigenvalue weighted by Gasteiger charge is 2.25. The van der Waals surface area contributed by atoms with Gasteiger partial charge in [-0.3, -0.25) is 14.2 Å². The number of thioether (sulfide) groups is 1. The van der Waals surface area contributed by atoms with E-state index < -0.39 is 0 Å². The Kier molecular flexibility index (Phi) is 6.47. The molecule has 1 aromatic carbocycles. The van der Waals surface area contributed by atoms with Crippen molar-refractivity contribution in [3.8, 4) is 5.69 Å². The highest BCUT2D eigenvalue weighted by Crippen LogP contribution is 2.27. The number of fused-ring (bicyclic) bond motifs is 1. The number of hydrogen-bond donors (Lipinski definition) is 1. The second-order valence-electron chi connectivity index (χ2n) is 7.60. The van der Waals surface area contributed by atoms with E-state index in [-0.39, 0.29) is 22.8 Å². The molecule has 1 unspecified atom stereocenters. The maximum absolute atomic E-state index is 13.3. The number of pyridine rings is 1. The van der Waals surface area contributed by atoms with Crippen molar-refractivity contribution in [3.63, 3.8) is 0 Å². The Morgan fingerprint density at radius 3 is 2.67 bits per heavy atom. The number of para-hydroxylation sites is 1. The Labute approximate surface area is 180 Å². The van der Waals surface area contributed by atoms with Crippen LogP contribution in [0.15, 0.2) is 58.6 Å². The zero-order chi connectivity index (χ0) is 20.9. The Morgan fingerprint density at radius 2 is 1.93 bits per heavy atom. The normalized spacial score (nSPS) is 15.8. The second kappa shape index (κ2) is 9.43. The standard InChI is InChI=1S/C23H26N4O2S/c1-2-19(21(28)25-16-10-5-3-6-11-16)30-23-26-20-18(14-9-15-24-20)22(29)27(23)17-12-7-4-8-13-17/h4,7-9,12-16,19H,2-3,5-6,10-11H2,1H3,(H,25,28). The van der Waals surface area contributed by atoms with Crippen molar-refractivity contribution in [2.24, 2.45) is 0 Å². The Bertz CT molecular complexity index is 1080. The molecule has 156 valence electrons. The number of benzene rings is 1. The van der Waals surface area contributed by atoms with Gasteiger partial charge in [-0.15, -0.1) is 0 Å². The van der Waals surface area contributed by atoms with Gasteiger partial charge in [0, 0.05) is 12.2 Å². The van der Waals surface area contributed by atoms with Crippen molar-refractivity contribution < 1.29 is 4.79 Å². The van der Waals surface area contributed by atoms with Gasteiger partial charge in [-0.25, -0.2) is 9.97 Å². The quantitative estimate of drug-likeness (QED) is 0.478. The van der Waals surface area contributed by atoms with Crippen LogP contribution in [0, 0.1) is 0 Å². The first-order chi connectivity index (χ1) is 14.7. The lowest BCUT2D eigenvalue weighted by Crippen LogP contribution is -2.41. The molecule has 1 aliphatic rings. The fourth-order valence-corrected chi connectivity index (χ4v) is 4.90. The predicted molar refractivity (Wildman–Crippen MR) is 120 cm³/mol. The van der Waals surface area contributed by atoms with Crippen LogP contribution in [0.4, 0.5) is 0 Å². The molecule has 7 heteroatoms. The monoisotopic (exact) mass is 422 g/mol. The topological polar surface area (TPSA) is 76.9 Å². The molecule has 1 fully saturated rings. The number of carbonyl (C=O) groups excluding carboxylic acids is 1. The summed E-state index contributed by atoms with van der Waals surface area (Å²) >= 11 is 1.34. The van der Waals surface area contributed by atoms with Crippen molar-refractivity contribution in [2.45, 2.75) is 61.9 Å². The van der Waals surface area contributed by atoms with E-state index in [1.165, 1.54) is 31.0 Å². The molecule has 1 amide bonds. The summed E-state index contributed by atoms with van der Waals surface area (Å²) < 4.78 is 1.59. The molecule has 2 aromatic heterocycles. The van der Waals surface area contributed by atoms with Gasteiger partial charge in [-0.05, 0) is 43.5 Å². The number of rotatable bonds is 6. The average Bonchev–Trinajstić information content (AvgIpc) is 2.79. The predicted octanol–water partition coefficient (Wildman–Crippen LogP) is 4.10. The molecule has 0 bridgehead atoms. The zero-order valence-corrected chi connectivity index (χ0v) is 17.9. The summed E-state index contributed by atoms with van der Waals surface area (Å²) in [5, 5.41) is 3.84. The zero-order valence-electron chi connectivity index (χ0n) is 17.1. The minimum absolute atomic E-state index is 0.0179. The van der Waals surface area contributed by atoms with Crippen LogP contribution in [0.3, 0.4) is 0 Å². The average molecular weight is 423 g/mol. The van der Waals surface area contributed by atoms with Crippen LogP contribution in [-0.2, 0) is 4.79 Å². The molecule has 1 aliphatic carbocycles. The van der Waals surface area contributed by atoms with E-state index in [0.717, 1.165) is 18.5 Å². The van der Waals surface area contributed by atoms with Gasteiger partial charge in [-0.1, -0.05) is 56.1 Å². The fourth-order valence-electron chi connectivity index (χ4n) is 3.88. The minimum atomic E-state index is -0.324. The third-order valence-corrected chi connectivity index (χ3v) is 6.81. The molecule has 1 atom stereocenters. The van der Waals surface area contributed by atoms with Gasteiger partial charge >= 0.3 is 0 Å². The summed E-state index contributed by atoms with van der Waals surface area (Å²) in [7, 11) is 0. The Morgan fingerprint density at radius 1 is 1.17 bits per heavy atom. The summed E-state index contributed by atoms with van der Waals surface area (Å²) in [6.07, 6.45) is 7.94. The lowest BCUT2D eigenvalue weighted by atomic mass is 9.95. The van der Waals surface area contributed by atoms with Crippen molar-refractivity contribution in [1.82, 2.24) is 19.9 Å². The van der Waals surface area contributed by atoms with Crippen molar-refractivity contribution in [1.29, 1.82) is 0 Å². The largest absolute Gasteiger partial charge is 0.352 e. The fraction of sp³-hybridized carbons (Fsp3) is 0.391. The first-order valence-corrected chi connectivity index (χ1v) is 11.5. The molecule has 0 spiro atoms. The molecule has 1 saturated carbocycles. The van der Waals surface area contributed by atoms with E-state index in [1.807, 2.05) is 37.3 Å². The number of carbonyl (C=O) groups is 1. The number of amides is 1. The SMILES string of the molecule is CCC(Sc1nc2ncccc2c(=O)n1-c1ccccc1)C(=O)NC1CCCCC1. The van der Waals surface area contributed by atoms with E-state index in [0.29, 0.717) is 22.6 Å². The molecular formula is C23H26N4O2S. The number of hydrogen-bond acceptors (Lipinski definition) is 5. The van der Waals surface area contributed by atoms with E-state index in [9.17, 15) is 9.59 Å². The first kappa shape index (κ1) is 20.6.